The Morgan fingerprint density at radius 3 is 2.31 bits per heavy atom. The summed E-state index contributed by atoms with van der Waals surface area (Å²) in [6.07, 6.45) is 7.52. The summed E-state index contributed by atoms with van der Waals surface area (Å²) < 4.78 is 4.37. The van der Waals surface area contributed by atoms with E-state index in [0.29, 0.717) is 5.76 Å². The Kier molecular flexibility index (Phi) is 4.44. The number of hydrogen-bond acceptors (Lipinski definition) is 3. The van der Waals surface area contributed by atoms with Gasteiger partial charge in [0.25, 0.3) is 0 Å². The lowest BCUT2D eigenvalue weighted by atomic mass is 9.79. The summed E-state index contributed by atoms with van der Waals surface area (Å²) in [5.74, 6) is 0.461. The molecule has 0 saturated heterocycles. The van der Waals surface area contributed by atoms with E-state index in [4.69, 9.17) is 0 Å². The van der Waals surface area contributed by atoms with Gasteiger partial charge in [-0.1, -0.05) is 42.5 Å². The molecule has 0 radical (unpaired) electrons. The topological polar surface area (TPSA) is 50.4 Å². The number of aliphatic hydroxyl groups excluding tert-OH is 1. The lowest BCUT2D eigenvalue weighted by Gasteiger charge is -2.26. The largest absolute Gasteiger partial charge is 0.508 e. The molecule has 0 aliphatic heterocycles. The highest BCUT2D eigenvalue weighted by Gasteiger charge is 2.22. The number of fused-ring (bicyclic) bond motifs is 5. The molecule has 2 aliphatic rings. The molecule has 2 aromatic carbocycles. The smallest absolute Gasteiger partial charge is 0.335 e. The van der Waals surface area contributed by atoms with Gasteiger partial charge in [-0.25, -0.2) is 4.79 Å². The average Bonchev–Trinajstić information content (AvgIpc) is 2.69. The van der Waals surface area contributed by atoms with Crippen LogP contribution in [0.5, 0.6) is 0 Å². The highest BCUT2D eigenvalue weighted by atomic mass is 16.4. The number of rotatable bonds is 0. The van der Waals surface area contributed by atoms with Crippen LogP contribution in [0.3, 0.4) is 0 Å². The van der Waals surface area contributed by atoms with Crippen LogP contribution >= 0.6 is 0 Å². The number of allylic oxidation sites excluding steroid dienone is 1. The third-order valence-corrected chi connectivity index (χ3v) is 5.00. The van der Waals surface area contributed by atoms with Crippen LogP contribution in [0.1, 0.15) is 28.7 Å². The second kappa shape index (κ2) is 7.04. The molecule has 0 unspecified atom stereocenters. The number of aliphatic hydroxyl groups is 1. The van der Waals surface area contributed by atoms with Gasteiger partial charge in [-0.05, 0) is 65.6 Å². The summed E-state index contributed by atoms with van der Waals surface area (Å²) in [6, 6.07) is 17.6. The van der Waals surface area contributed by atoms with Crippen LogP contribution in [-0.2, 0) is 19.3 Å². The third kappa shape index (κ3) is 3.08. The molecule has 3 aromatic rings. The molecule has 0 saturated carbocycles. The van der Waals surface area contributed by atoms with Crippen molar-refractivity contribution in [3.8, 4) is 11.1 Å². The Hall–Kier alpha value is -3.07. The first-order chi connectivity index (χ1) is 12.7. The van der Waals surface area contributed by atoms with E-state index in [2.05, 4.69) is 40.8 Å². The maximum Gasteiger partial charge on any atom is 0.335 e. The average molecular weight is 344 g/mol. The van der Waals surface area contributed by atoms with Gasteiger partial charge in [0.2, 0.25) is 0 Å². The van der Waals surface area contributed by atoms with E-state index in [1.165, 1.54) is 40.1 Å². The lowest BCUT2D eigenvalue weighted by molar-refractivity contribution is 0.504. The molecule has 1 N–H and O–H groups in total. The Morgan fingerprint density at radius 1 is 0.769 bits per heavy atom. The zero-order chi connectivity index (χ0) is 17.9. The zero-order valence-electron chi connectivity index (χ0n) is 14.4. The van der Waals surface area contributed by atoms with E-state index in [-0.39, 0.29) is 5.63 Å². The van der Waals surface area contributed by atoms with Crippen molar-refractivity contribution in [2.24, 2.45) is 0 Å². The van der Waals surface area contributed by atoms with Crippen molar-refractivity contribution < 1.29 is 9.52 Å². The van der Waals surface area contributed by atoms with Gasteiger partial charge in [0.05, 0.1) is 6.26 Å². The minimum atomic E-state index is -0.303. The maximum absolute atomic E-state index is 10.1. The highest BCUT2D eigenvalue weighted by molar-refractivity contribution is 5.78. The van der Waals surface area contributed by atoms with Crippen molar-refractivity contribution in [1.29, 1.82) is 0 Å². The highest BCUT2D eigenvalue weighted by Crippen LogP contribution is 2.39. The predicted octanol–water partition coefficient (Wildman–Crippen LogP) is 4.94. The molecule has 130 valence electrons. The molecule has 0 fully saturated rings. The van der Waals surface area contributed by atoms with Gasteiger partial charge in [-0.2, -0.15) is 0 Å². The van der Waals surface area contributed by atoms with E-state index < -0.39 is 0 Å². The van der Waals surface area contributed by atoms with Crippen molar-refractivity contribution in [3.05, 3.63) is 99.6 Å². The van der Waals surface area contributed by atoms with Crippen LogP contribution < -0.4 is 5.63 Å². The van der Waals surface area contributed by atoms with Crippen molar-refractivity contribution in [2.75, 3.05) is 0 Å². The Bertz CT molecular complexity index is 1010. The van der Waals surface area contributed by atoms with Crippen LogP contribution in [0.4, 0.5) is 0 Å². The summed E-state index contributed by atoms with van der Waals surface area (Å²) in [4.78, 5) is 10.1. The number of hydrogen-bond donors (Lipinski definition) is 1. The van der Waals surface area contributed by atoms with Gasteiger partial charge in [-0.15, -0.1) is 0 Å². The molecule has 3 heteroatoms. The molecule has 5 rings (SSSR count). The van der Waals surface area contributed by atoms with Crippen LogP contribution in [0, 0.1) is 0 Å². The van der Waals surface area contributed by atoms with E-state index in [9.17, 15) is 9.90 Å². The fourth-order valence-electron chi connectivity index (χ4n) is 3.81. The van der Waals surface area contributed by atoms with Crippen LogP contribution in [0.25, 0.3) is 16.9 Å². The van der Waals surface area contributed by atoms with E-state index in [1.807, 2.05) is 6.08 Å². The number of benzene rings is 2. The standard InChI is InChI=1S/C18H16O.C5H4O2/c19-18-7-3-6-14-16-9-8-12-4-1-2-5-13(12)15(16)10-11-17(14)18;6-5-3-1-2-4-7-5/h1-2,4-5,7,10-11,19H,3,6,8-9H2;1-4H. The van der Waals surface area contributed by atoms with Gasteiger partial charge in [0.15, 0.2) is 0 Å². The molecule has 0 amide bonds. The first kappa shape index (κ1) is 16.4. The maximum atomic E-state index is 10.1. The van der Waals surface area contributed by atoms with Crippen molar-refractivity contribution in [2.45, 2.75) is 25.7 Å². The normalized spacial score (nSPS) is 14.1. The number of aryl methyl sites for hydroxylation is 1. The minimum Gasteiger partial charge on any atom is -0.508 e. The van der Waals surface area contributed by atoms with E-state index >= 15 is 0 Å². The second-order valence-electron chi connectivity index (χ2n) is 6.53. The molecule has 0 atom stereocenters. The fraction of sp³-hybridized carbons (Fsp3) is 0.174. The Balaban J connectivity index is 0.000000204. The molecule has 1 heterocycles. The van der Waals surface area contributed by atoms with Crippen molar-refractivity contribution >= 4 is 5.76 Å². The Labute approximate surface area is 152 Å². The third-order valence-electron chi connectivity index (χ3n) is 5.00. The Morgan fingerprint density at radius 2 is 1.54 bits per heavy atom. The van der Waals surface area contributed by atoms with Gasteiger partial charge >= 0.3 is 5.63 Å². The lowest BCUT2D eigenvalue weighted by Crippen LogP contribution is -2.11. The van der Waals surface area contributed by atoms with E-state index in [1.54, 1.807) is 12.1 Å². The van der Waals surface area contributed by atoms with Gasteiger partial charge in [-0.3, -0.25) is 0 Å². The molecular formula is C23H20O3. The molecule has 0 bridgehead atoms. The predicted molar refractivity (Wildman–Crippen MR) is 103 cm³/mol. The summed E-state index contributed by atoms with van der Waals surface area (Å²) in [5.41, 5.74) is 7.76. The molecule has 26 heavy (non-hydrogen) atoms. The first-order valence-electron chi connectivity index (χ1n) is 8.90. The van der Waals surface area contributed by atoms with Crippen LogP contribution in [-0.4, -0.2) is 5.11 Å². The van der Waals surface area contributed by atoms with Crippen LogP contribution in [0.2, 0.25) is 0 Å². The molecule has 0 spiro atoms. The van der Waals surface area contributed by atoms with Gasteiger partial charge < -0.3 is 9.52 Å². The second-order valence-corrected chi connectivity index (χ2v) is 6.53. The van der Waals surface area contributed by atoms with Crippen LogP contribution in [0.15, 0.2) is 76.1 Å². The van der Waals surface area contributed by atoms with Gasteiger partial charge in [0.1, 0.15) is 5.76 Å². The zero-order valence-corrected chi connectivity index (χ0v) is 14.4. The summed E-state index contributed by atoms with van der Waals surface area (Å²) >= 11 is 0. The minimum absolute atomic E-state index is 0.303. The molecular weight excluding hydrogens is 324 g/mol. The first-order valence-corrected chi connectivity index (χ1v) is 8.90. The fourth-order valence-corrected chi connectivity index (χ4v) is 3.81. The summed E-state index contributed by atoms with van der Waals surface area (Å²) in [7, 11) is 0. The van der Waals surface area contributed by atoms with Crippen molar-refractivity contribution in [1.82, 2.24) is 0 Å². The monoisotopic (exact) mass is 344 g/mol. The molecule has 1 aromatic heterocycles. The quantitative estimate of drug-likeness (QED) is 0.628. The summed E-state index contributed by atoms with van der Waals surface area (Å²) in [5, 5.41) is 10.0. The summed E-state index contributed by atoms with van der Waals surface area (Å²) in [6.45, 7) is 0. The van der Waals surface area contributed by atoms with Crippen molar-refractivity contribution in [3.63, 3.8) is 0 Å². The van der Waals surface area contributed by atoms with E-state index in [0.717, 1.165) is 31.2 Å². The SMILES string of the molecule is O=c1cccco1.OC1=CCCc2c1ccc1c2CCc2ccccc2-1. The van der Waals surface area contributed by atoms with Gasteiger partial charge in [0, 0.05) is 11.6 Å². The molecule has 2 aliphatic carbocycles. The molecule has 3 nitrogen and oxygen atoms in total.